The molecule has 1 heterocycles. The summed E-state index contributed by atoms with van der Waals surface area (Å²) in [5.41, 5.74) is 3.44. The summed E-state index contributed by atoms with van der Waals surface area (Å²) in [5.74, 6) is -0.545. The first-order chi connectivity index (χ1) is 14.9. The Morgan fingerprint density at radius 3 is 2.42 bits per heavy atom. The number of hydrogen-bond donors (Lipinski definition) is 1. The van der Waals surface area contributed by atoms with Gasteiger partial charge in [-0.05, 0) is 56.0 Å². The molecule has 0 spiro atoms. The van der Waals surface area contributed by atoms with Crippen molar-refractivity contribution >= 4 is 17.4 Å². The molecule has 1 aliphatic heterocycles. The van der Waals surface area contributed by atoms with Gasteiger partial charge in [-0.2, -0.15) is 0 Å². The fraction of sp³-hybridized carbons (Fsp3) is 0.385. The van der Waals surface area contributed by atoms with Crippen molar-refractivity contribution in [3.63, 3.8) is 0 Å². The van der Waals surface area contributed by atoms with Crippen LogP contribution in [0.1, 0.15) is 60.4 Å². The lowest BCUT2D eigenvalue weighted by atomic mass is 9.90. The number of benzene rings is 2. The molecular formula is C26H29NO4. The maximum Gasteiger partial charge on any atom is 0.295 e. The van der Waals surface area contributed by atoms with Crippen molar-refractivity contribution in [3.05, 3.63) is 70.3 Å². The summed E-state index contributed by atoms with van der Waals surface area (Å²) < 4.78 is 5.32. The highest BCUT2D eigenvalue weighted by Gasteiger charge is 2.48. The second-order valence-electron chi connectivity index (χ2n) is 8.60. The third-order valence-corrected chi connectivity index (χ3v) is 6.47. The van der Waals surface area contributed by atoms with E-state index in [2.05, 4.69) is 0 Å². The molecule has 5 nitrogen and oxygen atoms in total. The summed E-state index contributed by atoms with van der Waals surface area (Å²) in [6.07, 6.45) is 5.02. The van der Waals surface area contributed by atoms with E-state index in [1.807, 2.05) is 38.1 Å². The van der Waals surface area contributed by atoms with Gasteiger partial charge in [0.1, 0.15) is 11.5 Å². The van der Waals surface area contributed by atoms with E-state index in [4.69, 9.17) is 4.74 Å². The number of carbonyl (C=O) groups is 2. The summed E-state index contributed by atoms with van der Waals surface area (Å²) in [7, 11) is 1.59. The van der Waals surface area contributed by atoms with E-state index >= 15 is 0 Å². The maximum atomic E-state index is 13.2. The Kier molecular flexibility index (Phi) is 5.86. The van der Waals surface area contributed by atoms with Crippen molar-refractivity contribution in [2.75, 3.05) is 7.11 Å². The van der Waals surface area contributed by atoms with Crippen LogP contribution in [0.5, 0.6) is 5.75 Å². The normalized spacial score (nSPS) is 21.5. The number of nitrogens with zero attached hydrogens (tertiary/aromatic N) is 1. The van der Waals surface area contributed by atoms with Crippen LogP contribution < -0.4 is 4.74 Å². The number of ether oxygens (including phenoxy) is 1. The summed E-state index contributed by atoms with van der Waals surface area (Å²) >= 11 is 0. The number of carbonyl (C=O) groups excluding carboxylic acids is 2. The number of amides is 1. The zero-order valence-electron chi connectivity index (χ0n) is 18.4. The number of aliphatic hydroxyl groups excluding tert-OH is 1. The molecule has 2 aromatic carbocycles. The number of rotatable bonds is 4. The molecule has 162 valence electrons. The second-order valence-corrected chi connectivity index (χ2v) is 8.60. The first kappa shape index (κ1) is 21.2. The molecule has 1 unspecified atom stereocenters. The molecule has 1 N–H and O–H groups in total. The van der Waals surface area contributed by atoms with Crippen LogP contribution in [-0.2, 0) is 9.59 Å². The van der Waals surface area contributed by atoms with Crippen molar-refractivity contribution in [3.8, 4) is 5.75 Å². The summed E-state index contributed by atoms with van der Waals surface area (Å²) in [4.78, 5) is 28.1. The Labute approximate surface area is 183 Å². The van der Waals surface area contributed by atoms with Gasteiger partial charge in [0.05, 0.1) is 18.7 Å². The van der Waals surface area contributed by atoms with Crippen LogP contribution in [0, 0.1) is 13.8 Å². The van der Waals surface area contributed by atoms with Crippen LogP contribution in [0.2, 0.25) is 0 Å². The molecule has 1 amide bonds. The molecule has 2 aromatic rings. The molecule has 4 rings (SSSR count). The third-order valence-electron chi connectivity index (χ3n) is 6.47. The largest absolute Gasteiger partial charge is 0.507 e. The number of ketones is 1. The van der Waals surface area contributed by atoms with Crippen LogP contribution in [0.15, 0.2) is 48.0 Å². The SMILES string of the molecule is COc1ccc(/C(O)=C2/C(=O)C(=O)N(C3CCCCC3)C2c2cccc(C)c2)cc1C. The Hall–Kier alpha value is -3.08. The molecule has 1 saturated heterocycles. The Balaban J connectivity index is 1.88. The molecule has 31 heavy (non-hydrogen) atoms. The molecule has 2 fully saturated rings. The molecule has 1 aliphatic carbocycles. The molecule has 1 atom stereocenters. The minimum atomic E-state index is -0.608. The van der Waals surface area contributed by atoms with E-state index in [0.29, 0.717) is 11.3 Å². The average molecular weight is 420 g/mol. The summed E-state index contributed by atoms with van der Waals surface area (Å²) in [5, 5.41) is 11.3. The lowest BCUT2D eigenvalue weighted by Gasteiger charge is -2.35. The van der Waals surface area contributed by atoms with E-state index in [0.717, 1.165) is 48.8 Å². The second kappa shape index (κ2) is 8.58. The zero-order valence-corrected chi connectivity index (χ0v) is 18.4. The van der Waals surface area contributed by atoms with Gasteiger partial charge in [0, 0.05) is 11.6 Å². The van der Waals surface area contributed by atoms with E-state index in [1.54, 1.807) is 30.2 Å². The minimum absolute atomic E-state index is 0.0126. The fourth-order valence-corrected chi connectivity index (χ4v) is 4.93. The molecule has 0 bridgehead atoms. The highest BCUT2D eigenvalue weighted by Crippen LogP contribution is 2.43. The monoisotopic (exact) mass is 419 g/mol. The van der Waals surface area contributed by atoms with Gasteiger partial charge >= 0.3 is 0 Å². The van der Waals surface area contributed by atoms with Crippen LogP contribution in [-0.4, -0.2) is 34.8 Å². The van der Waals surface area contributed by atoms with E-state index < -0.39 is 17.7 Å². The lowest BCUT2D eigenvalue weighted by Crippen LogP contribution is -2.40. The van der Waals surface area contributed by atoms with Crippen LogP contribution >= 0.6 is 0 Å². The minimum Gasteiger partial charge on any atom is -0.507 e. The van der Waals surface area contributed by atoms with Crippen molar-refractivity contribution < 1.29 is 19.4 Å². The van der Waals surface area contributed by atoms with Crippen molar-refractivity contribution in [1.82, 2.24) is 4.90 Å². The number of hydrogen-bond acceptors (Lipinski definition) is 4. The predicted molar refractivity (Wildman–Crippen MR) is 120 cm³/mol. The van der Waals surface area contributed by atoms with Gasteiger partial charge in [-0.15, -0.1) is 0 Å². The van der Waals surface area contributed by atoms with E-state index in [9.17, 15) is 14.7 Å². The lowest BCUT2D eigenvalue weighted by molar-refractivity contribution is -0.141. The predicted octanol–water partition coefficient (Wildman–Crippen LogP) is 5.07. The van der Waals surface area contributed by atoms with Gasteiger partial charge in [0.2, 0.25) is 0 Å². The van der Waals surface area contributed by atoms with E-state index in [-0.39, 0.29) is 17.4 Å². The number of likely N-dealkylation sites (tertiary alicyclic amines) is 1. The van der Waals surface area contributed by atoms with Gasteiger partial charge in [0.15, 0.2) is 0 Å². The Morgan fingerprint density at radius 1 is 1.03 bits per heavy atom. The highest BCUT2D eigenvalue weighted by molar-refractivity contribution is 6.46. The number of methoxy groups -OCH3 is 1. The van der Waals surface area contributed by atoms with Gasteiger partial charge in [-0.1, -0.05) is 49.1 Å². The molecule has 5 heteroatoms. The topological polar surface area (TPSA) is 66.8 Å². The number of aryl methyl sites for hydroxylation is 2. The highest BCUT2D eigenvalue weighted by atomic mass is 16.5. The first-order valence-corrected chi connectivity index (χ1v) is 10.9. The average Bonchev–Trinajstić information content (AvgIpc) is 3.04. The first-order valence-electron chi connectivity index (χ1n) is 10.9. The summed E-state index contributed by atoms with van der Waals surface area (Å²) in [6.45, 7) is 3.87. The maximum absolute atomic E-state index is 13.2. The molecule has 1 saturated carbocycles. The molecule has 2 aliphatic rings. The molecule has 0 aromatic heterocycles. The van der Waals surface area contributed by atoms with Crippen molar-refractivity contribution in [2.45, 2.75) is 58.0 Å². The van der Waals surface area contributed by atoms with Crippen LogP contribution in [0.4, 0.5) is 0 Å². The van der Waals surface area contributed by atoms with Crippen molar-refractivity contribution in [1.29, 1.82) is 0 Å². The molecular weight excluding hydrogens is 390 g/mol. The van der Waals surface area contributed by atoms with Gasteiger partial charge < -0.3 is 14.7 Å². The Bertz CT molecular complexity index is 1050. The van der Waals surface area contributed by atoms with Crippen molar-refractivity contribution in [2.24, 2.45) is 0 Å². The third kappa shape index (κ3) is 3.85. The standard InChI is InChI=1S/C26H29NO4/c1-16-8-7-9-18(14-16)23-22(24(28)19-12-13-21(31-3)17(2)15-19)25(29)26(30)27(23)20-10-5-4-6-11-20/h7-9,12-15,20,23,28H,4-6,10-11H2,1-3H3/b24-22-. The van der Waals surface area contributed by atoms with Gasteiger partial charge in [-0.25, -0.2) is 0 Å². The van der Waals surface area contributed by atoms with E-state index in [1.165, 1.54) is 0 Å². The summed E-state index contributed by atoms with van der Waals surface area (Å²) in [6, 6.07) is 12.6. The van der Waals surface area contributed by atoms with Crippen LogP contribution in [0.25, 0.3) is 5.76 Å². The zero-order chi connectivity index (χ0) is 22.1. The van der Waals surface area contributed by atoms with Gasteiger partial charge in [-0.3, -0.25) is 9.59 Å². The van der Waals surface area contributed by atoms with Gasteiger partial charge in [0.25, 0.3) is 11.7 Å². The smallest absolute Gasteiger partial charge is 0.295 e. The Morgan fingerprint density at radius 2 is 1.77 bits per heavy atom. The van der Waals surface area contributed by atoms with Crippen LogP contribution in [0.3, 0.4) is 0 Å². The molecule has 0 radical (unpaired) electrons. The fourth-order valence-electron chi connectivity index (χ4n) is 4.93. The number of aliphatic hydroxyl groups is 1. The quantitative estimate of drug-likeness (QED) is 0.427. The number of Topliss-reactive ketones (excluding diaryl/α,β-unsaturated/α-hetero) is 1.